The van der Waals surface area contributed by atoms with Gasteiger partial charge in [0, 0.05) is 22.0 Å². The first-order valence-electron chi connectivity index (χ1n) is 28.1. The zero-order valence-corrected chi connectivity index (χ0v) is 47.7. The number of esters is 2. The first-order valence-corrected chi connectivity index (χ1v) is 28.1. The summed E-state index contributed by atoms with van der Waals surface area (Å²) >= 11 is 0. The van der Waals surface area contributed by atoms with E-state index in [1.807, 2.05) is 34.6 Å². The Labute approximate surface area is 466 Å². The normalized spacial score (nSPS) is 49.0. The number of rotatable bonds is 14. The number of ether oxygens (including phenoxy) is 8. The van der Waals surface area contributed by atoms with Crippen molar-refractivity contribution in [1.82, 2.24) is 0 Å². The summed E-state index contributed by atoms with van der Waals surface area (Å²) in [5, 5.41) is 134. The van der Waals surface area contributed by atoms with Crippen LogP contribution in [0.5, 0.6) is 0 Å². The third-order valence-electron chi connectivity index (χ3n) is 21.4. The second kappa shape index (κ2) is 22.7. The van der Waals surface area contributed by atoms with Gasteiger partial charge in [0.15, 0.2) is 31.1 Å². The van der Waals surface area contributed by atoms with Crippen molar-refractivity contribution in [2.45, 2.75) is 231 Å². The lowest BCUT2D eigenvalue weighted by Gasteiger charge is -2.73. The number of hydrogen-bond acceptors (Lipinski definition) is 22. The minimum atomic E-state index is -2.13. The van der Waals surface area contributed by atoms with Gasteiger partial charge in [0.1, 0.15) is 67.1 Å². The largest absolute Gasteiger partial charge is 0.479 e. The van der Waals surface area contributed by atoms with Crippen LogP contribution in [0, 0.1) is 50.2 Å². The summed E-state index contributed by atoms with van der Waals surface area (Å²) in [5.41, 5.74) is -4.40. The molecule has 3 aliphatic heterocycles. The van der Waals surface area contributed by atoms with E-state index in [-0.39, 0.29) is 23.8 Å². The lowest BCUT2D eigenvalue weighted by molar-refractivity contribution is -0.386. The van der Waals surface area contributed by atoms with Crippen LogP contribution >= 0.6 is 0 Å². The Morgan fingerprint density at radius 1 is 0.637 bits per heavy atom. The molecule has 454 valence electrons. The molecule has 0 spiro atoms. The number of carbonyl (C=O) groups is 3. The summed E-state index contributed by atoms with van der Waals surface area (Å²) in [4.78, 5) is 40.3. The summed E-state index contributed by atoms with van der Waals surface area (Å²) in [6.45, 7) is 18.4. The molecule has 7 fully saturated rings. The lowest BCUT2D eigenvalue weighted by Crippen LogP contribution is -2.76. The van der Waals surface area contributed by atoms with Gasteiger partial charge in [-0.05, 0) is 100 Å². The molecule has 26 atom stereocenters. The Bertz CT molecular complexity index is 2390. The molecule has 0 aromatic carbocycles. The lowest BCUT2D eigenvalue weighted by atomic mass is 9.32. The molecule has 12 N–H and O–H groups in total. The maximum absolute atomic E-state index is 13.9. The zero-order valence-electron chi connectivity index (χ0n) is 47.7. The molecule has 8 aliphatic rings. The van der Waals surface area contributed by atoms with E-state index in [4.69, 9.17) is 37.9 Å². The van der Waals surface area contributed by atoms with E-state index in [1.54, 1.807) is 39.8 Å². The van der Waals surface area contributed by atoms with E-state index in [0.717, 1.165) is 5.57 Å². The SMILES string of the molecule is C/C=C(/C)C(=O)O[C@H]1[C@H](OC(=O)/C(C)=C/C)[C@]2(CO)[C@H](O)[C@H](O)[C@]3(C)C(=CC[C@@H]4[C@@]5(C)CC[C@H](O[C@@H]6O[C@H](C(=O)O)[C@@H](O)[C@H](O[C@@H]7O[C@@H](CO)[C@H](O)[C@H]7O)[C@H]6O[C@@H]6O[C@H](CO)[C@@H](O)[C@H](O)[C@H]6O)C(C)(C)[C@@H]5CC[C@]43C)[C@@H]2CC1(C)C. The van der Waals surface area contributed by atoms with Crippen LogP contribution < -0.4 is 0 Å². The third-order valence-corrected chi connectivity index (χ3v) is 21.4. The van der Waals surface area contributed by atoms with Gasteiger partial charge in [0.25, 0.3) is 0 Å². The van der Waals surface area contributed by atoms with Crippen molar-refractivity contribution in [2.24, 2.45) is 50.2 Å². The summed E-state index contributed by atoms with van der Waals surface area (Å²) in [6.07, 6.45) is -24.0. The number of allylic oxidation sites excluding steroid dienone is 3. The Hall–Kier alpha value is -3.05. The van der Waals surface area contributed by atoms with E-state index in [1.165, 1.54) is 0 Å². The van der Waals surface area contributed by atoms with Gasteiger partial charge in [-0.25, -0.2) is 14.4 Å². The Morgan fingerprint density at radius 3 is 1.71 bits per heavy atom. The fourth-order valence-electron chi connectivity index (χ4n) is 16.2. The molecule has 23 nitrogen and oxygen atoms in total. The molecule has 3 saturated heterocycles. The topological polar surface area (TPSA) is 368 Å². The predicted molar refractivity (Wildman–Crippen MR) is 277 cm³/mol. The molecular formula is C57H88O23. The Kier molecular flexibility index (Phi) is 17.9. The molecule has 0 unspecified atom stereocenters. The molecule has 4 saturated carbocycles. The number of hydrogen-bond donors (Lipinski definition) is 12. The highest BCUT2D eigenvalue weighted by Gasteiger charge is 2.76. The molecule has 23 heteroatoms. The minimum absolute atomic E-state index is 0.153. The average molecular weight is 1140 g/mol. The molecule has 80 heavy (non-hydrogen) atoms. The quantitative estimate of drug-likeness (QED) is 0.0480. The van der Waals surface area contributed by atoms with Gasteiger partial charge in [0.2, 0.25) is 0 Å². The van der Waals surface area contributed by atoms with Crippen molar-refractivity contribution in [1.29, 1.82) is 0 Å². The van der Waals surface area contributed by atoms with Crippen LogP contribution in [0.25, 0.3) is 0 Å². The van der Waals surface area contributed by atoms with Crippen molar-refractivity contribution >= 4 is 17.9 Å². The molecule has 5 aliphatic carbocycles. The van der Waals surface area contributed by atoms with Crippen LogP contribution in [-0.4, -0.2) is 216 Å². The molecular weight excluding hydrogens is 1050 g/mol. The van der Waals surface area contributed by atoms with Crippen molar-refractivity contribution in [3.05, 3.63) is 34.9 Å². The average Bonchev–Trinajstić information content (AvgIpc) is 3.81. The highest BCUT2D eigenvalue weighted by Crippen LogP contribution is 2.76. The van der Waals surface area contributed by atoms with Crippen molar-refractivity contribution in [3.63, 3.8) is 0 Å². The minimum Gasteiger partial charge on any atom is -0.479 e. The Balaban J connectivity index is 1.14. The number of fused-ring (bicyclic) bond motifs is 7. The summed E-state index contributed by atoms with van der Waals surface area (Å²) in [7, 11) is 0. The molecule has 8 rings (SSSR count). The van der Waals surface area contributed by atoms with Crippen LogP contribution in [0.2, 0.25) is 0 Å². The van der Waals surface area contributed by atoms with Gasteiger partial charge in [-0.3, -0.25) is 0 Å². The smallest absolute Gasteiger partial charge is 0.335 e. The number of carboxylic acid groups (broad SMARTS) is 1. The summed E-state index contributed by atoms with van der Waals surface area (Å²) < 4.78 is 49.0. The van der Waals surface area contributed by atoms with Gasteiger partial charge in [0.05, 0.1) is 43.5 Å². The van der Waals surface area contributed by atoms with Crippen LogP contribution in [0.3, 0.4) is 0 Å². The van der Waals surface area contributed by atoms with E-state index in [9.17, 15) is 75.7 Å². The molecule has 0 radical (unpaired) electrons. The van der Waals surface area contributed by atoms with Gasteiger partial charge in [-0.1, -0.05) is 72.3 Å². The number of carboxylic acids is 1. The second-order valence-corrected chi connectivity index (χ2v) is 26.0. The van der Waals surface area contributed by atoms with Crippen LogP contribution in [0.1, 0.15) is 115 Å². The highest BCUT2D eigenvalue weighted by atomic mass is 16.8. The first-order chi connectivity index (χ1) is 37.3. The van der Waals surface area contributed by atoms with Crippen molar-refractivity contribution in [2.75, 3.05) is 19.8 Å². The molecule has 0 aromatic heterocycles. The fraction of sp³-hybridized carbons (Fsp3) is 0.842. The number of carbonyl (C=O) groups excluding carboxylic acids is 2. The van der Waals surface area contributed by atoms with Gasteiger partial charge in [-0.2, -0.15) is 0 Å². The fourth-order valence-corrected chi connectivity index (χ4v) is 16.2. The third kappa shape index (κ3) is 9.76. The van der Waals surface area contributed by atoms with Gasteiger partial charge in [-0.15, -0.1) is 0 Å². The zero-order chi connectivity index (χ0) is 59.3. The predicted octanol–water partition coefficient (Wildman–Crippen LogP) is 0.263. The summed E-state index contributed by atoms with van der Waals surface area (Å²) in [5.74, 6) is -4.01. The van der Waals surface area contributed by atoms with E-state index >= 15 is 0 Å². The van der Waals surface area contributed by atoms with E-state index < -0.39 is 193 Å². The second-order valence-electron chi connectivity index (χ2n) is 26.0. The van der Waals surface area contributed by atoms with E-state index in [0.29, 0.717) is 37.7 Å². The highest BCUT2D eigenvalue weighted by molar-refractivity contribution is 5.89. The van der Waals surface area contributed by atoms with Gasteiger partial charge >= 0.3 is 17.9 Å². The maximum Gasteiger partial charge on any atom is 0.335 e. The molecule has 0 aromatic rings. The molecule has 0 amide bonds. The number of aliphatic carboxylic acids is 1. The van der Waals surface area contributed by atoms with Gasteiger partial charge < -0.3 is 99.2 Å². The molecule has 0 bridgehead atoms. The van der Waals surface area contributed by atoms with Crippen molar-refractivity contribution in [3.8, 4) is 0 Å². The van der Waals surface area contributed by atoms with E-state index in [2.05, 4.69) is 19.9 Å². The van der Waals surface area contributed by atoms with Crippen LogP contribution in [0.15, 0.2) is 34.9 Å². The monoisotopic (exact) mass is 1140 g/mol. The number of aliphatic hydroxyl groups excluding tert-OH is 11. The van der Waals surface area contributed by atoms with Crippen LogP contribution in [0.4, 0.5) is 0 Å². The number of aliphatic hydroxyl groups is 11. The Morgan fingerprint density at radius 2 is 1.18 bits per heavy atom. The maximum atomic E-state index is 13.9. The van der Waals surface area contributed by atoms with Crippen LogP contribution in [-0.2, 0) is 52.3 Å². The molecule has 3 heterocycles. The van der Waals surface area contributed by atoms with Crippen molar-refractivity contribution < 1.29 is 114 Å². The first kappa shape index (κ1) is 63.0. The standard InChI is InChI=1S/C57H88O23/c1-12-24(3)47(71)79-44-45(80-48(72)25(4)13-2)57(23-60)27(20-52(44,5)6)26-14-15-31-54(9)18-17-32(53(7,8)30(54)16-19-55(31,10)56(26,11)42(67)43(57)68)75-51-41(78-50-37(65)35(63)33(61)28(21-58)73-50)39(38(66)40(77-51)46(69)70)76-49-36(64)34(62)29(22-59)74-49/h12-14,27-45,49-51,58-68H,15-23H2,1-11H3,(H,69,70)/b24-12-,25-13+/t27-,28+,29-,30-,31+,32-,33+,34-,35-,36+,37+,38-,39-,40-,41+,42-,43+,44-,45-,49-,50-,51+,54-,55+,56-,57-/m0/s1. The summed E-state index contributed by atoms with van der Waals surface area (Å²) in [6, 6.07) is 0.